The summed E-state index contributed by atoms with van der Waals surface area (Å²) in [5.41, 5.74) is 0.287. The zero-order valence-electron chi connectivity index (χ0n) is 30.1. The van der Waals surface area contributed by atoms with E-state index in [1.807, 2.05) is 35.2 Å². The van der Waals surface area contributed by atoms with Crippen molar-refractivity contribution in [3.63, 3.8) is 0 Å². The normalized spacial score (nSPS) is 19.8. The van der Waals surface area contributed by atoms with E-state index in [9.17, 15) is 23.6 Å². The van der Waals surface area contributed by atoms with Gasteiger partial charge in [-0.25, -0.2) is 18.4 Å². The first-order valence-corrected chi connectivity index (χ1v) is 17.9. The number of nitrogens with one attached hydrogen (secondary N) is 3. The average Bonchev–Trinajstić information content (AvgIpc) is 4.03. The number of alkyl halides is 1. The Kier molecular flexibility index (Phi) is 12.2. The van der Waals surface area contributed by atoms with E-state index < -0.39 is 66.1 Å². The van der Waals surface area contributed by atoms with E-state index in [1.165, 1.54) is 17.0 Å². The Bertz CT molecular complexity index is 1530. The molecule has 0 unspecified atom stereocenters. The Labute approximate surface area is 298 Å². The van der Waals surface area contributed by atoms with Gasteiger partial charge in [-0.2, -0.15) is 0 Å². The zero-order valence-corrected chi connectivity index (χ0v) is 30.1. The first-order chi connectivity index (χ1) is 24.2. The molecule has 0 spiro atoms. The number of carbonyl (C=O) groups excluding carboxylic acids is 4. The van der Waals surface area contributed by atoms with Crippen molar-refractivity contribution in [2.75, 3.05) is 38.7 Å². The maximum atomic E-state index is 15.8. The van der Waals surface area contributed by atoms with Gasteiger partial charge in [-0.15, -0.1) is 0 Å². The second-order valence-corrected chi connectivity index (χ2v) is 15.2. The number of amides is 4. The number of hydrogen-bond acceptors (Lipinski definition) is 7. The molecule has 3 aliphatic rings. The van der Waals surface area contributed by atoms with Gasteiger partial charge in [-0.05, 0) is 94.5 Å². The summed E-state index contributed by atoms with van der Waals surface area (Å²) >= 11 is 0. The van der Waals surface area contributed by atoms with Gasteiger partial charge in [0.05, 0.1) is 11.7 Å². The number of benzene rings is 2. The van der Waals surface area contributed by atoms with E-state index in [0.717, 1.165) is 31.2 Å². The van der Waals surface area contributed by atoms with E-state index in [4.69, 9.17) is 9.47 Å². The van der Waals surface area contributed by atoms with Crippen LogP contribution in [0.25, 0.3) is 0 Å². The van der Waals surface area contributed by atoms with E-state index in [1.54, 1.807) is 40.8 Å². The number of ether oxygens (including phenoxy) is 2. The lowest BCUT2D eigenvalue weighted by Crippen LogP contribution is -2.59. The molecule has 4 atom stereocenters. The maximum absolute atomic E-state index is 15.8. The summed E-state index contributed by atoms with van der Waals surface area (Å²) < 4.78 is 40.4. The number of piperazine rings is 1. The predicted octanol–water partition coefficient (Wildman–Crippen LogP) is 5.60. The number of carbonyl (C=O) groups is 4. The minimum Gasteiger partial charge on any atom is -0.445 e. The van der Waals surface area contributed by atoms with Gasteiger partial charge in [0, 0.05) is 25.6 Å². The molecule has 1 saturated heterocycles. The SMILES string of the molecule is C[C@@H](c1ccc(NC(=O)[C@@H](NC(=O)OCc2ccccc2)C(C2CC2)C2CC2)c(F)c1)[C@@H](NC(=O)OC(C)(C)C)C(=O)N1CCN(C)[C@H](CF)C1. The molecule has 4 amide bonds. The fourth-order valence-electron chi connectivity index (χ4n) is 6.78. The maximum Gasteiger partial charge on any atom is 0.408 e. The molecule has 3 N–H and O–H groups in total. The Morgan fingerprint density at radius 2 is 1.57 bits per heavy atom. The molecule has 0 radical (unpaired) electrons. The minimum atomic E-state index is -1.14. The number of rotatable bonds is 13. The highest BCUT2D eigenvalue weighted by molar-refractivity contribution is 5.97. The second-order valence-electron chi connectivity index (χ2n) is 15.2. The highest BCUT2D eigenvalue weighted by atomic mass is 19.1. The molecule has 2 aromatic rings. The third-order valence-corrected chi connectivity index (χ3v) is 9.97. The van der Waals surface area contributed by atoms with Crippen molar-refractivity contribution in [1.82, 2.24) is 20.4 Å². The van der Waals surface area contributed by atoms with Gasteiger partial charge in [0.1, 0.15) is 36.8 Å². The van der Waals surface area contributed by atoms with E-state index >= 15 is 4.39 Å². The molecule has 0 bridgehead atoms. The summed E-state index contributed by atoms with van der Waals surface area (Å²) in [6.07, 6.45) is 2.33. The third kappa shape index (κ3) is 10.4. The number of hydrogen-bond donors (Lipinski definition) is 3. The Hall–Kier alpha value is -4.26. The van der Waals surface area contributed by atoms with Crippen LogP contribution in [0.1, 0.15) is 70.4 Å². The average molecular weight is 712 g/mol. The monoisotopic (exact) mass is 711 g/mol. The number of nitrogens with zero attached hydrogens (tertiary/aromatic N) is 2. The van der Waals surface area contributed by atoms with Gasteiger partial charge in [0.2, 0.25) is 11.8 Å². The molecule has 3 fully saturated rings. The molecule has 1 aliphatic heterocycles. The van der Waals surface area contributed by atoms with Gasteiger partial charge in [0.25, 0.3) is 0 Å². The Morgan fingerprint density at radius 1 is 0.922 bits per heavy atom. The topological polar surface area (TPSA) is 129 Å². The van der Waals surface area contributed by atoms with Crippen molar-refractivity contribution >= 4 is 29.7 Å². The van der Waals surface area contributed by atoms with Crippen molar-refractivity contribution in [1.29, 1.82) is 0 Å². The molecule has 2 aliphatic carbocycles. The van der Waals surface area contributed by atoms with Crippen LogP contribution in [0.15, 0.2) is 48.5 Å². The van der Waals surface area contributed by atoms with Gasteiger partial charge >= 0.3 is 12.2 Å². The molecular weight excluding hydrogens is 660 g/mol. The van der Waals surface area contributed by atoms with Crippen molar-refractivity contribution in [2.45, 2.75) is 89.6 Å². The first-order valence-electron chi connectivity index (χ1n) is 17.9. The van der Waals surface area contributed by atoms with E-state index in [-0.39, 0.29) is 24.8 Å². The summed E-state index contributed by atoms with van der Waals surface area (Å²) in [6.45, 7) is 7.14. The van der Waals surface area contributed by atoms with Gasteiger partial charge in [-0.1, -0.05) is 43.3 Å². The quantitative estimate of drug-likeness (QED) is 0.247. The van der Waals surface area contributed by atoms with Gasteiger partial charge in [0.15, 0.2) is 0 Å². The molecule has 0 aromatic heterocycles. The number of halogens is 2. The van der Waals surface area contributed by atoms with Crippen LogP contribution < -0.4 is 16.0 Å². The van der Waals surface area contributed by atoms with Crippen LogP contribution in [0, 0.1) is 23.6 Å². The lowest BCUT2D eigenvalue weighted by Gasteiger charge is -2.40. The molecule has 13 heteroatoms. The summed E-state index contributed by atoms with van der Waals surface area (Å²) in [5, 5.41) is 8.15. The minimum absolute atomic E-state index is 0.0460. The number of alkyl carbamates (subject to hydrolysis) is 2. The molecule has 278 valence electrons. The third-order valence-electron chi connectivity index (χ3n) is 9.97. The van der Waals surface area contributed by atoms with E-state index in [0.29, 0.717) is 30.5 Å². The standard InChI is InChI=1S/C38H51F2N5O6/c1-23(32(42-37(49)51-38(2,3)4)35(47)45-18-17-44(5)28(20-39)21-45)27-15-16-30(29(40)19-27)41-34(46)33(31(25-11-12-25)26-13-14-26)43-36(48)50-22-24-9-7-6-8-10-24/h6-10,15-16,19,23,25-26,28,31-33H,11-14,17-18,20-22H2,1-5H3,(H,41,46)(H,42,49)(H,43,48)/t23-,28+,32+,33-/m0/s1. The van der Waals surface area contributed by atoms with Crippen LogP contribution in [0.5, 0.6) is 0 Å². The lowest BCUT2D eigenvalue weighted by atomic mass is 9.88. The molecule has 5 rings (SSSR count). The summed E-state index contributed by atoms with van der Waals surface area (Å²) in [6, 6.07) is 10.9. The van der Waals surface area contributed by atoms with Crippen LogP contribution in [-0.4, -0.2) is 90.9 Å². The number of likely N-dealkylation sites (N-methyl/N-ethyl adjacent to an activating group) is 1. The van der Waals surface area contributed by atoms with E-state index in [2.05, 4.69) is 16.0 Å². The summed E-state index contributed by atoms with van der Waals surface area (Å²) in [4.78, 5) is 56.8. The fourth-order valence-corrected chi connectivity index (χ4v) is 6.78. The highest BCUT2D eigenvalue weighted by Crippen LogP contribution is 2.51. The zero-order chi connectivity index (χ0) is 36.9. The van der Waals surface area contributed by atoms with Crippen molar-refractivity contribution < 1.29 is 37.4 Å². The molecule has 1 heterocycles. The lowest BCUT2D eigenvalue weighted by molar-refractivity contribution is -0.137. The fraction of sp³-hybridized carbons (Fsp3) is 0.579. The van der Waals surface area contributed by atoms with Crippen LogP contribution >= 0.6 is 0 Å². The number of anilines is 1. The van der Waals surface area contributed by atoms with Crippen molar-refractivity contribution in [3.05, 3.63) is 65.5 Å². The Balaban J connectivity index is 1.31. The summed E-state index contributed by atoms with van der Waals surface area (Å²) in [7, 11) is 1.79. The first kappa shape index (κ1) is 38.0. The van der Waals surface area contributed by atoms with Crippen LogP contribution in [-0.2, 0) is 25.7 Å². The Morgan fingerprint density at radius 3 is 2.16 bits per heavy atom. The van der Waals surface area contributed by atoms with Crippen LogP contribution in [0.4, 0.5) is 24.1 Å². The molecular formula is C38H51F2N5O6. The van der Waals surface area contributed by atoms with Crippen LogP contribution in [0.2, 0.25) is 0 Å². The summed E-state index contributed by atoms with van der Waals surface area (Å²) in [5.74, 6) is -1.94. The molecule has 11 nitrogen and oxygen atoms in total. The second kappa shape index (κ2) is 16.4. The smallest absolute Gasteiger partial charge is 0.408 e. The molecule has 2 saturated carbocycles. The van der Waals surface area contributed by atoms with Crippen molar-refractivity contribution in [2.24, 2.45) is 17.8 Å². The van der Waals surface area contributed by atoms with Crippen molar-refractivity contribution in [3.8, 4) is 0 Å². The van der Waals surface area contributed by atoms with Crippen LogP contribution in [0.3, 0.4) is 0 Å². The highest BCUT2D eigenvalue weighted by Gasteiger charge is 2.48. The van der Waals surface area contributed by atoms with Gasteiger partial charge in [-0.3, -0.25) is 14.5 Å². The molecule has 2 aromatic carbocycles. The predicted molar refractivity (Wildman–Crippen MR) is 188 cm³/mol. The largest absolute Gasteiger partial charge is 0.445 e. The van der Waals surface area contributed by atoms with Gasteiger partial charge < -0.3 is 30.3 Å². The molecule has 51 heavy (non-hydrogen) atoms.